The maximum absolute atomic E-state index is 13.3. The molecule has 1 aromatic carbocycles. The minimum absolute atomic E-state index is 0. The number of fused-ring (bicyclic) bond motifs is 1. The fourth-order valence-corrected chi connectivity index (χ4v) is 4.58. The van der Waals surface area contributed by atoms with E-state index in [1.165, 1.54) is 0 Å². The van der Waals surface area contributed by atoms with E-state index in [4.69, 9.17) is 11.6 Å². The molecule has 3 heterocycles. The van der Waals surface area contributed by atoms with Crippen molar-refractivity contribution in [3.05, 3.63) is 46.7 Å². The maximum Gasteiger partial charge on any atom is 0.257 e. The second-order valence-corrected chi connectivity index (χ2v) is 8.47. The number of carbonyl (C=O) groups is 1. The number of aromatic nitrogens is 2. The quantitative estimate of drug-likeness (QED) is 0.807. The average molecular weight is 423 g/mol. The number of hydrogen-bond donors (Lipinski definition) is 1. The van der Waals surface area contributed by atoms with Crippen molar-refractivity contribution < 1.29 is 4.79 Å². The highest BCUT2D eigenvalue weighted by atomic mass is 35.5. The first kappa shape index (κ1) is 21.2. The van der Waals surface area contributed by atoms with Gasteiger partial charge in [0.2, 0.25) is 0 Å². The third kappa shape index (κ3) is 4.07. The summed E-state index contributed by atoms with van der Waals surface area (Å²) in [6, 6.07) is 7.59. The van der Waals surface area contributed by atoms with Crippen LogP contribution in [0.15, 0.2) is 30.5 Å². The molecule has 0 bridgehead atoms. The van der Waals surface area contributed by atoms with Gasteiger partial charge in [0.15, 0.2) is 0 Å². The zero-order valence-electron chi connectivity index (χ0n) is 16.4. The molecule has 1 amide bonds. The Morgan fingerprint density at radius 3 is 2.32 bits per heavy atom. The molecule has 0 radical (unpaired) electrons. The van der Waals surface area contributed by atoms with Crippen LogP contribution in [0.3, 0.4) is 0 Å². The van der Waals surface area contributed by atoms with Crippen LogP contribution >= 0.6 is 24.0 Å². The van der Waals surface area contributed by atoms with E-state index in [0.717, 1.165) is 56.0 Å². The van der Waals surface area contributed by atoms with Gasteiger partial charge in [-0.25, -0.2) is 4.68 Å². The van der Waals surface area contributed by atoms with E-state index in [2.05, 4.69) is 24.3 Å². The molecule has 0 saturated carbocycles. The zero-order valence-corrected chi connectivity index (χ0v) is 18.0. The number of carbonyl (C=O) groups excluding carboxylic acids is 1. The monoisotopic (exact) mass is 422 g/mol. The predicted molar refractivity (Wildman–Crippen MR) is 115 cm³/mol. The Kier molecular flexibility index (Phi) is 6.69. The molecule has 0 spiro atoms. The maximum atomic E-state index is 13.3. The topological polar surface area (TPSA) is 50.2 Å². The lowest BCUT2D eigenvalue weighted by Crippen LogP contribution is -2.33. The highest BCUT2D eigenvalue weighted by Crippen LogP contribution is 2.29. The largest absolute Gasteiger partial charge is 0.339 e. The third-order valence-corrected chi connectivity index (χ3v) is 6.21. The molecule has 0 unspecified atom stereocenters. The van der Waals surface area contributed by atoms with Gasteiger partial charge >= 0.3 is 0 Å². The smallest absolute Gasteiger partial charge is 0.257 e. The molecular weight excluding hydrogens is 395 g/mol. The van der Waals surface area contributed by atoms with Crippen molar-refractivity contribution in [3.63, 3.8) is 0 Å². The molecule has 5 nitrogen and oxygen atoms in total. The highest BCUT2D eigenvalue weighted by molar-refractivity contribution is 6.30. The minimum Gasteiger partial charge on any atom is -0.339 e. The first-order chi connectivity index (χ1) is 13.0. The first-order valence-corrected chi connectivity index (χ1v) is 10.3. The molecule has 0 aliphatic carbocycles. The Balaban J connectivity index is 0.00000225. The van der Waals surface area contributed by atoms with Gasteiger partial charge in [0.25, 0.3) is 5.91 Å². The van der Waals surface area contributed by atoms with E-state index in [1.807, 2.05) is 33.8 Å². The van der Waals surface area contributed by atoms with Crippen molar-refractivity contribution in [2.24, 2.45) is 11.8 Å². The molecule has 2 saturated heterocycles. The summed E-state index contributed by atoms with van der Waals surface area (Å²) in [5, 5.41) is 8.73. The molecule has 2 fully saturated rings. The van der Waals surface area contributed by atoms with Crippen LogP contribution < -0.4 is 5.32 Å². The molecule has 1 N–H and O–H groups in total. The lowest BCUT2D eigenvalue weighted by atomic mass is 9.92. The minimum atomic E-state index is 0. The summed E-state index contributed by atoms with van der Waals surface area (Å²) in [4.78, 5) is 15.4. The van der Waals surface area contributed by atoms with Crippen molar-refractivity contribution in [3.8, 4) is 5.69 Å². The Morgan fingerprint density at radius 1 is 1.14 bits per heavy atom. The van der Waals surface area contributed by atoms with Crippen LogP contribution in [0.2, 0.25) is 5.02 Å². The Morgan fingerprint density at radius 2 is 1.75 bits per heavy atom. The molecule has 28 heavy (non-hydrogen) atoms. The summed E-state index contributed by atoms with van der Waals surface area (Å²) < 4.78 is 1.88. The van der Waals surface area contributed by atoms with Crippen molar-refractivity contribution in [1.82, 2.24) is 20.0 Å². The van der Waals surface area contributed by atoms with Crippen molar-refractivity contribution in [2.75, 3.05) is 26.2 Å². The molecule has 1 aromatic heterocycles. The number of benzene rings is 1. The van der Waals surface area contributed by atoms with Gasteiger partial charge in [0, 0.05) is 18.1 Å². The number of hydrogen-bond acceptors (Lipinski definition) is 3. The zero-order chi connectivity index (χ0) is 19.0. The first-order valence-electron chi connectivity index (χ1n) is 9.88. The van der Waals surface area contributed by atoms with Gasteiger partial charge in [0.05, 0.1) is 23.1 Å². The molecule has 2 aromatic rings. The molecule has 152 valence electrons. The number of rotatable bonds is 3. The standard InChI is InChI=1S/C21H27ClN4O.ClH/c1-14(2)20-19(13-24-26(20)18-5-3-17(22)4-6-18)21(27)25-9-7-15-11-23-12-16(15)8-10-25;/h3-6,13-16,23H,7-12H2,1-2H3;1H/t15-,16+;. The second-order valence-electron chi connectivity index (χ2n) is 8.03. The summed E-state index contributed by atoms with van der Waals surface area (Å²) in [5.41, 5.74) is 2.62. The molecule has 2 atom stereocenters. The van der Waals surface area contributed by atoms with Crippen LogP contribution in [0.4, 0.5) is 0 Å². The van der Waals surface area contributed by atoms with Crippen LogP contribution in [0.1, 0.15) is 48.7 Å². The van der Waals surface area contributed by atoms with E-state index >= 15 is 0 Å². The SMILES string of the molecule is CC(C)c1c(C(=O)N2CC[C@@H]3CNC[C@@H]3CC2)cnn1-c1ccc(Cl)cc1.Cl. The van der Waals surface area contributed by atoms with Gasteiger partial charge in [-0.2, -0.15) is 5.10 Å². The van der Waals surface area contributed by atoms with Crippen molar-refractivity contribution in [1.29, 1.82) is 0 Å². The molecule has 7 heteroatoms. The molecule has 4 rings (SSSR count). The van der Waals surface area contributed by atoms with Gasteiger partial charge in [-0.15, -0.1) is 12.4 Å². The Hall–Kier alpha value is -1.56. The van der Waals surface area contributed by atoms with Crippen LogP contribution in [0.5, 0.6) is 0 Å². The summed E-state index contributed by atoms with van der Waals surface area (Å²) in [7, 11) is 0. The van der Waals surface area contributed by atoms with Gasteiger partial charge in [-0.3, -0.25) is 4.79 Å². The fraction of sp³-hybridized carbons (Fsp3) is 0.524. The van der Waals surface area contributed by atoms with Crippen LogP contribution in [-0.2, 0) is 0 Å². The number of likely N-dealkylation sites (tertiary alicyclic amines) is 1. The van der Waals surface area contributed by atoms with E-state index in [1.54, 1.807) is 6.20 Å². The number of nitrogens with zero attached hydrogens (tertiary/aromatic N) is 3. The Labute approximate surface area is 177 Å². The predicted octanol–water partition coefficient (Wildman–Crippen LogP) is 4.14. The van der Waals surface area contributed by atoms with Crippen LogP contribution in [-0.4, -0.2) is 46.8 Å². The lowest BCUT2D eigenvalue weighted by molar-refractivity contribution is 0.0757. The number of halogens is 2. The second kappa shape index (κ2) is 8.85. The summed E-state index contributed by atoms with van der Waals surface area (Å²) in [6.45, 7) is 8.09. The van der Waals surface area contributed by atoms with E-state index in [9.17, 15) is 4.79 Å². The van der Waals surface area contributed by atoms with Crippen molar-refractivity contribution in [2.45, 2.75) is 32.6 Å². The van der Waals surface area contributed by atoms with Gasteiger partial charge in [0.1, 0.15) is 0 Å². The van der Waals surface area contributed by atoms with Crippen LogP contribution in [0.25, 0.3) is 5.69 Å². The van der Waals surface area contributed by atoms with Crippen molar-refractivity contribution >= 4 is 29.9 Å². The molecule has 2 aliphatic rings. The van der Waals surface area contributed by atoms with Gasteiger partial charge in [-0.05, 0) is 68.0 Å². The summed E-state index contributed by atoms with van der Waals surface area (Å²) >= 11 is 6.02. The van der Waals surface area contributed by atoms with Crippen LogP contribution in [0, 0.1) is 11.8 Å². The average Bonchev–Trinajstić information content (AvgIpc) is 3.25. The molecule has 2 aliphatic heterocycles. The Bertz CT molecular complexity index is 804. The normalized spacial score (nSPS) is 21.9. The highest BCUT2D eigenvalue weighted by Gasteiger charge is 2.33. The van der Waals surface area contributed by atoms with Gasteiger partial charge < -0.3 is 10.2 Å². The fourth-order valence-electron chi connectivity index (χ4n) is 4.46. The number of amides is 1. The number of nitrogens with one attached hydrogen (secondary N) is 1. The lowest BCUT2D eigenvalue weighted by Gasteiger charge is -2.22. The third-order valence-electron chi connectivity index (χ3n) is 5.96. The van der Waals surface area contributed by atoms with E-state index < -0.39 is 0 Å². The summed E-state index contributed by atoms with van der Waals surface area (Å²) in [6.07, 6.45) is 3.91. The van der Waals surface area contributed by atoms with E-state index in [-0.39, 0.29) is 24.2 Å². The van der Waals surface area contributed by atoms with E-state index in [0.29, 0.717) is 16.9 Å². The molecular formula is C21H28Cl2N4O. The van der Waals surface area contributed by atoms with Gasteiger partial charge in [-0.1, -0.05) is 25.4 Å². The summed E-state index contributed by atoms with van der Waals surface area (Å²) in [5.74, 6) is 1.73.